The molecule has 0 radical (unpaired) electrons. The first-order chi connectivity index (χ1) is 15.5. The topological polar surface area (TPSA) is 102 Å². The molecule has 0 bridgehead atoms. The van der Waals surface area contributed by atoms with Gasteiger partial charge in [-0.2, -0.15) is 0 Å². The molecule has 2 N–H and O–H groups in total. The number of hydrogen-bond acceptors (Lipinski definition) is 7. The fourth-order valence-corrected chi connectivity index (χ4v) is 5.45. The summed E-state index contributed by atoms with van der Waals surface area (Å²) in [4.78, 5) is 56.0. The van der Waals surface area contributed by atoms with E-state index < -0.39 is 23.8 Å². The molecule has 3 fully saturated rings. The Morgan fingerprint density at radius 2 is 1.66 bits per heavy atom. The lowest BCUT2D eigenvalue weighted by Gasteiger charge is -2.40. The predicted molar refractivity (Wildman–Crippen MR) is 116 cm³/mol. The van der Waals surface area contributed by atoms with Crippen LogP contribution in [0.25, 0.3) is 0 Å². The zero-order valence-corrected chi connectivity index (χ0v) is 18.1. The number of likely N-dealkylation sites (tertiary alicyclic amines) is 1. The Bertz CT molecular complexity index is 950. The molecule has 1 aromatic rings. The average Bonchev–Trinajstić information content (AvgIpc) is 3.06. The van der Waals surface area contributed by atoms with E-state index in [1.165, 1.54) is 0 Å². The number of rotatable bonds is 4. The normalized spacial score (nSPS) is 25.9. The minimum absolute atomic E-state index is 0.124. The van der Waals surface area contributed by atoms with Crippen molar-refractivity contribution in [2.75, 3.05) is 39.3 Å². The molecule has 0 saturated carbocycles. The number of benzene rings is 1. The van der Waals surface area contributed by atoms with Gasteiger partial charge in [-0.1, -0.05) is 12.1 Å². The van der Waals surface area contributed by atoms with Crippen molar-refractivity contribution in [2.24, 2.45) is 0 Å². The van der Waals surface area contributed by atoms with Gasteiger partial charge in [-0.3, -0.25) is 39.2 Å². The number of nitrogens with one attached hydrogen (secondary N) is 2. The van der Waals surface area contributed by atoms with Crippen LogP contribution in [-0.2, 0) is 16.1 Å². The lowest BCUT2D eigenvalue weighted by atomic mass is 9.99. The Hall–Kier alpha value is -2.62. The number of hydrogen-bond donors (Lipinski definition) is 2. The minimum atomic E-state index is -0.928. The second-order valence-electron chi connectivity index (χ2n) is 9.08. The molecule has 1 unspecified atom stereocenters. The first kappa shape index (κ1) is 21.2. The molecule has 3 saturated heterocycles. The number of piperazine rings is 1. The van der Waals surface area contributed by atoms with Crippen LogP contribution in [-0.4, -0.2) is 89.7 Å². The van der Waals surface area contributed by atoms with Gasteiger partial charge in [0.2, 0.25) is 11.8 Å². The first-order valence-corrected chi connectivity index (χ1v) is 11.5. The molecule has 0 spiro atoms. The number of nitrogens with zero attached hydrogens (tertiary/aromatic N) is 3. The molecule has 9 nitrogen and oxygen atoms in total. The van der Waals surface area contributed by atoms with Crippen molar-refractivity contribution in [2.45, 2.75) is 44.3 Å². The summed E-state index contributed by atoms with van der Waals surface area (Å²) in [6, 6.07) is 5.05. The van der Waals surface area contributed by atoms with Gasteiger partial charge in [0.25, 0.3) is 11.8 Å². The van der Waals surface area contributed by atoms with Gasteiger partial charge in [0.15, 0.2) is 0 Å². The van der Waals surface area contributed by atoms with Gasteiger partial charge in [-0.25, -0.2) is 0 Å². The van der Waals surface area contributed by atoms with Crippen molar-refractivity contribution in [1.82, 2.24) is 25.3 Å². The molecule has 4 amide bonds. The van der Waals surface area contributed by atoms with Gasteiger partial charge in [0.1, 0.15) is 6.04 Å². The van der Waals surface area contributed by atoms with Crippen molar-refractivity contribution in [1.29, 1.82) is 0 Å². The van der Waals surface area contributed by atoms with Crippen LogP contribution in [0, 0.1) is 0 Å². The Balaban J connectivity index is 1.28. The monoisotopic (exact) mass is 439 g/mol. The van der Waals surface area contributed by atoms with Gasteiger partial charge >= 0.3 is 0 Å². The predicted octanol–water partition coefficient (Wildman–Crippen LogP) is -0.0426. The van der Waals surface area contributed by atoms with Crippen LogP contribution in [0.3, 0.4) is 0 Å². The number of amides is 4. The highest BCUT2D eigenvalue weighted by Gasteiger charge is 2.45. The van der Waals surface area contributed by atoms with Crippen LogP contribution in [0.2, 0.25) is 0 Å². The Morgan fingerprint density at radius 1 is 0.906 bits per heavy atom. The Morgan fingerprint density at radius 3 is 2.38 bits per heavy atom. The molecular weight excluding hydrogens is 410 g/mol. The van der Waals surface area contributed by atoms with E-state index in [9.17, 15) is 19.2 Å². The molecule has 32 heavy (non-hydrogen) atoms. The molecule has 0 aromatic heterocycles. The van der Waals surface area contributed by atoms with Crippen LogP contribution in [0.15, 0.2) is 18.2 Å². The molecule has 4 aliphatic heterocycles. The lowest BCUT2D eigenvalue weighted by molar-refractivity contribution is -0.136. The second-order valence-corrected chi connectivity index (χ2v) is 9.08. The molecule has 170 valence electrons. The molecule has 0 aliphatic carbocycles. The summed E-state index contributed by atoms with van der Waals surface area (Å²) in [5.74, 6) is -1.82. The summed E-state index contributed by atoms with van der Waals surface area (Å²) in [6.07, 6.45) is 2.50. The van der Waals surface area contributed by atoms with E-state index in [0.717, 1.165) is 62.6 Å². The summed E-state index contributed by atoms with van der Waals surface area (Å²) in [5, 5.41) is 5.65. The smallest absolute Gasteiger partial charge is 0.262 e. The molecule has 5 rings (SSSR count). The van der Waals surface area contributed by atoms with E-state index in [2.05, 4.69) is 20.4 Å². The van der Waals surface area contributed by atoms with Gasteiger partial charge in [0.05, 0.1) is 11.1 Å². The zero-order valence-electron chi connectivity index (χ0n) is 18.1. The summed E-state index contributed by atoms with van der Waals surface area (Å²) in [7, 11) is 0. The highest BCUT2D eigenvalue weighted by Crippen LogP contribution is 2.31. The molecule has 4 aliphatic rings. The van der Waals surface area contributed by atoms with Crippen molar-refractivity contribution < 1.29 is 19.2 Å². The highest BCUT2D eigenvalue weighted by atomic mass is 16.2. The third-order valence-electron chi connectivity index (χ3n) is 7.17. The zero-order chi connectivity index (χ0) is 22.2. The Labute approximate surface area is 187 Å². The van der Waals surface area contributed by atoms with E-state index in [1.54, 1.807) is 12.1 Å². The van der Waals surface area contributed by atoms with E-state index in [1.807, 2.05) is 6.07 Å². The number of carbonyl (C=O) groups excluding carboxylic acids is 4. The van der Waals surface area contributed by atoms with Crippen LogP contribution in [0.1, 0.15) is 52.0 Å². The van der Waals surface area contributed by atoms with E-state index in [-0.39, 0.29) is 18.7 Å². The lowest BCUT2D eigenvalue weighted by Crippen LogP contribution is -2.54. The van der Waals surface area contributed by atoms with Gasteiger partial charge in [0, 0.05) is 45.2 Å². The molecule has 1 atom stereocenters. The van der Waals surface area contributed by atoms with Gasteiger partial charge < -0.3 is 5.32 Å². The van der Waals surface area contributed by atoms with Gasteiger partial charge in [-0.15, -0.1) is 0 Å². The fourth-order valence-electron chi connectivity index (χ4n) is 5.45. The first-order valence-electron chi connectivity index (χ1n) is 11.5. The quantitative estimate of drug-likeness (QED) is 0.635. The summed E-state index contributed by atoms with van der Waals surface area (Å²) in [5.41, 5.74) is 1.59. The third-order valence-corrected chi connectivity index (χ3v) is 7.17. The van der Waals surface area contributed by atoms with Crippen LogP contribution < -0.4 is 10.6 Å². The Kier molecular flexibility index (Phi) is 5.79. The third kappa shape index (κ3) is 3.85. The maximum Gasteiger partial charge on any atom is 0.262 e. The number of carbonyl (C=O) groups is 4. The average molecular weight is 440 g/mol. The van der Waals surface area contributed by atoms with Crippen LogP contribution in [0.4, 0.5) is 0 Å². The van der Waals surface area contributed by atoms with E-state index in [4.69, 9.17) is 0 Å². The number of fused-ring (bicyclic) bond motifs is 1. The van der Waals surface area contributed by atoms with Gasteiger partial charge in [-0.05, 0) is 44.0 Å². The van der Waals surface area contributed by atoms with Crippen molar-refractivity contribution in [3.63, 3.8) is 0 Å². The largest absolute Gasteiger partial charge is 0.314 e. The van der Waals surface area contributed by atoms with Crippen LogP contribution >= 0.6 is 0 Å². The fraction of sp³-hybridized carbons (Fsp3) is 0.565. The van der Waals surface area contributed by atoms with Crippen molar-refractivity contribution in [3.8, 4) is 0 Å². The van der Waals surface area contributed by atoms with Crippen molar-refractivity contribution in [3.05, 3.63) is 34.9 Å². The standard InChI is InChI=1S/C23H29N5O4/c29-19-5-4-18(21(30)25-19)28-22(31)17-3-1-2-15(20(17)23(28)32)14-26-10-6-16(7-11-26)27-12-8-24-9-13-27/h1-3,16,18,24H,4-14H2,(H,25,29,30). The summed E-state index contributed by atoms with van der Waals surface area (Å²) >= 11 is 0. The van der Waals surface area contributed by atoms with E-state index in [0.29, 0.717) is 23.7 Å². The molecule has 9 heteroatoms. The number of imide groups is 2. The molecule has 4 heterocycles. The maximum absolute atomic E-state index is 13.3. The van der Waals surface area contributed by atoms with Crippen LogP contribution in [0.5, 0.6) is 0 Å². The van der Waals surface area contributed by atoms with Crippen molar-refractivity contribution >= 4 is 23.6 Å². The summed E-state index contributed by atoms with van der Waals surface area (Å²) in [6.45, 7) is 6.83. The van der Waals surface area contributed by atoms with E-state index >= 15 is 0 Å². The molecular formula is C23H29N5O4. The maximum atomic E-state index is 13.3. The highest BCUT2D eigenvalue weighted by molar-refractivity contribution is 6.24. The summed E-state index contributed by atoms with van der Waals surface area (Å²) < 4.78 is 0. The molecule has 1 aromatic carbocycles. The second kappa shape index (κ2) is 8.73. The SMILES string of the molecule is O=C1CCC(N2C(=O)c3cccc(CN4CCC(N5CCNCC5)CC4)c3C2=O)C(=O)N1. The minimum Gasteiger partial charge on any atom is -0.314 e. The number of piperidine rings is 2.